The maximum absolute atomic E-state index is 4.49. The second kappa shape index (κ2) is 5.87. The van der Waals surface area contributed by atoms with Gasteiger partial charge >= 0.3 is 0 Å². The molecule has 0 unspecified atom stereocenters. The largest absolute Gasteiger partial charge is 0.308 e. The molecule has 0 bridgehead atoms. The van der Waals surface area contributed by atoms with Crippen molar-refractivity contribution in [3.8, 4) is 5.69 Å². The Morgan fingerprint density at radius 3 is 3.00 bits per heavy atom. The molecule has 0 atom stereocenters. The maximum Gasteiger partial charge on any atom is 0.170 e. The molecule has 108 valence electrons. The summed E-state index contributed by atoms with van der Waals surface area (Å²) in [5.41, 5.74) is 1.75. The van der Waals surface area contributed by atoms with Gasteiger partial charge in [-0.05, 0) is 38.5 Å². The van der Waals surface area contributed by atoms with Crippen molar-refractivity contribution in [2.45, 2.75) is 26.4 Å². The van der Waals surface area contributed by atoms with Crippen molar-refractivity contribution in [3.05, 3.63) is 40.8 Å². The molecule has 0 aliphatic carbocycles. The lowest BCUT2D eigenvalue weighted by molar-refractivity contribution is 0.563. The second-order valence-corrected chi connectivity index (χ2v) is 5.96. The van der Waals surface area contributed by atoms with Gasteiger partial charge in [-0.2, -0.15) is 4.68 Å². The molecule has 0 saturated carbocycles. The van der Waals surface area contributed by atoms with Crippen LogP contribution in [0.1, 0.15) is 19.7 Å². The van der Waals surface area contributed by atoms with Crippen molar-refractivity contribution in [2.75, 3.05) is 0 Å². The molecule has 0 radical (unpaired) electrons. The van der Waals surface area contributed by atoms with Crippen LogP contribution >= 0.6 is 15.9 Å². The van der Waals surface area contributed by atoms with Crippen molar-refractivity contribution >= 4 is 26.8 Å². The standard InChI is InChI=1S/C14H15BrN6/c1-9(2)16-8-13-18-19-20-21(13)12-5-3-4-10-6-11(15)7-17-14(10)12/h3-7,9,16H,8H2,1-2H3. The van der Waals surface area contributed by atoms with E-state index < -0.39 is 0 Å². The number of aromatic nitrogens is 5. The monoisotopic (exact) mass is 346 g/mol. The third kappa shape index (κ3) is 2.93. The Bertz CT molecular complexity index is 767. The molecule has 2 heterocycles. The van der Waals surface area contributed by atoms with Crippen LogP contribution in [0.5, 0.6) is 0 Å². The van der Waals surface area contributed by atoms with Gasteiger partial charge in [0, 0.05) is 22.1 Å². The highest BCUT2D eigenvalue weighted by molar-refractivity contribution is 9.10. The van der Waals surface area contributed by atoms with E-state index in [0.717, 1.165) is 26.9 Å². The smallest absolute Gasteiger partial charge is 0.170 e. The summed E-state index contributed by atoms with van der Waals surface area (Å²) < 4.78 is 2.68. The van der Waals surface area contributed by atoms with Crippen molar-refractivity contribution in [1.82, 2.24) is 30.5 Å². The third-order valence-corrected chi connectivity index (χ3v) is 3.52. The molecule has 1 aromatic carbocycles. The highest BCUT2D eigenvalue weighted by Gasteiger charge is 2.12. The molecule has 0 spiro atoms. The topological polar surface area (TPSA) is 68.5 Å². The first-order chi connectivity index (χ1) is 10.1. The van der Waals surface area contributed by atoms with E-state index in [1.165, 1.54) is 0 Å². The molecule has 2 aromatic heterocycles. The maximum atomic E-state index is 4.49. The molecule has 21 heavy (non-hydrogen) atoms. The Morgan fingerprint density at radius 2 is 2.19 bits per heavy atom. The first kappa shape index (κ1) is 14.1. The van der Waals surface area contributed by atoms with Gasteiger partial charge in [-0.25, -0.2) is 0 Å². The van der Waals surface area contributed by atoms with Crippen LogP contribution in [0.3, 0.4) is 0 Å². The fourth-order valence-corrected chi connectivity index (χ4v) is 2.44. The zero-order valence-electron chi connectivity index (χ0n) is 11.8. The van der Waals surface area contributed by atoms with E-state index >= 15 is 0 Å². The molecule has 7 heteroatoms. The number of rotatable bonds is 4. The fraction of sp³-hybridized carbons (Fsp3) is 0.286. The lowest BCUT2D eigenvalue weighted by atomic mass is 10.2. The van der Waals surface area contributed by atoms with Gasteiger partial charge in [-0.3, -0.25) is 4.98 Å². The van der Waals surface area contributed by atoms with Gasteiger partial charge in [0.1, 0.15) is 0 Å². The normalized spacial score (nSPS) is 11.4. The van der Waals surface area contributed by atoms with E-state index in [9.17, 15) is 0 Å². The summed E-state index contributed by atoms with van der Waals surface area (Å²) in [6.45, 7) is 4.79. The van der Waals surface area contributed by atoms with Crippen LogP contribution in [0.4, 0.5) is 0 Å². The minimum Gasteiger partial charge on any atom is -0.308 e. The average molecular weight is 347 g/mol. The first-order valence-electron chi connectivity index (χ1n) is 6.70. The highest BCUT2D eigenvalue weighted by atomic mass is 79.9. The van der Waals surface area contributed by atoms with Gasteiger partial charge in [0.15, 0.2) is 5.82 Å². The predicted octanol–water partition coefficient (Wildman–Crippen LogP) is 2.47. The number of nitrogens with zero attached hydrogens (tertiary/aromatic N) is 5. The number of fused-ring (bicyclic) bond motifs is 1. The zero-order chi connectivity index (χ0) is 14.8. The van der Waals surface area contributed by atoms with Gasteiger partial charge in [0.2, 0.25) is 0 Å². The van der Waals surface area contributed by atoms with Crippen LogP contribution in [0.25, 0.3) is 16.6 Å². The Hall–Kier alpha value is -1.86. The molecule has 0 saturated heterocycles. The summed E-state index contributed by atoms with van der Waals surface area (Å²) in [5.74, 6) is 0.765. The highest BCUT2D eigenvalue weighted by Crippen LogP contribution is 2.23. The van der Waals surface area contributed by atoms with Crippen molar-refractivity contribution in [3.63, 3.8) is 0 Å². The molecule has 0 aliphatic rings. The molecule has 0 aliphatic heterocycles. The lowest BCUT2D eigenvalue weighted by Gasteiger charge is -2.10. The first-order valence-corrected chi connectivity index (χ1v) is 7.50. The Kier molecular flexibility index (Phi) is 3.94. The number of benzene rings is 1. The zero-order valence-corrected chi connectivity index (χ0v) is 13.4. The minimum absolute atomic E-state index is 0.372. The third-order valence-electron chi connectivity index (χ3n) is 3.09. The SMILES string of the molecule is CC(C)NCc1nnnn1-c1cccc2cc(Br)cnc12. The van der Waals surface area contributed by atoms with Crippen LogP contribution in [-0.4, -0.2) is 31.2 Å². The van der Waals surface area contributed by atoms with Gasteiger partial charge in [-0.15, -0.1) is 5.10 Å². The summed E-state index contributed by atoms with van der Waals surface area (Å²) in [7, 11) is 0. The van der Waals surface area contributed by atoms with Gasteiger partial charge in [-0.1, -0.05) is 26.0 Å². The van der Waals surface area contributed by atoms with Gasteiger partial charge in [0.25, 0.3) is 0 Å². The average Bonchev–Trinajstić information content (AvgIpc) is 2.92. The number of hydrogen-bond donors (Lipinski definition) is 1. The van der Waals surface area contributed by atoms with Crippen LogP contribution in [0.15, 0.2) is 34.9 Å². The van der Waals surface area contributed by atoms with E-state index in [1.807, 2.05) is 24.3 Å². The summed E-state index contributed by atoms with van der Waals surface area (Å²) in [6.07, 6.45) is 1.78. The molecule has 1 N–H and O–H groups in total. The Balaban J connectivity index is 2.07. The van der Waals surface area contributed by atoms with Crippen LogP contribution < -0.4 is 5.32 Å². The minimum atomic E-state index is 0.372. The number of pyridine rings is 1. The van der Waals surface area contributed by atoms with Crippen LogP contribution in [0, 0.1) is 0 Å². The van der Waals surface area contributed by atoms with Gasteiger partial charge in [0.05, 0.1) is 17.7 Å². The molecular formula is C14H15BrN6. The molecule has 0 fully saturated rings. The molecule has 0 amide bonds. The van der Waals surface area contributed by atoms with Gasteiger partial charge < -0.3 is 5.32 Å². The number of halogens is 1. The quantitative estimate of drug-likeness (QED) is 0.785. The van der Waals surface area contributed by atoms with E-state index in [-0.39, 0.29) is 0 Å². The number of nitrogens with one attached hydrogen (secondary N) is 1. The van der Waals surface area contributed by atoms with E-state index in [2.05, 4.69) is 55.6 Å². The predicted molar refractivity (Wildman–Crippen MR) is 84.1 cm³/mol. The van der Waals surface area contributed by atoms with E-state index in [4.69, 9.17) is 0 Å². The van der Waals surface area contributed by atoms with Crippen LogP contribution in [0.2, 0.25) is 0 Å². The fourth-order valence-electron chi connectivity index (χ4n) is 2.09. The van der Waals surface area contributed by atoms with E-state index in [0.29, 0.717) is 12.6 Å². The lowest BCUT2D eigenvalue weighted by Crippen LogP contribution is -2.24. The van der Waals surface area contributed by atoms with E-state index in [1.54, 1.807) is 10.9 Å². The number of tetrazole rings is 1. The molecule has 6 nitrogen and oxygen atoms in total. The number of hydrogen-bond acceptors (Lipinski definition) is 5. The second-order valence-electron chi connectivity index (χ2n) is 5.04. The summed E-state index contributed by atoms with van der Waals surface area (Å²) in [6, 6.07) is 8.37. The van der Waals surface area contributed by atoms with Crippen molar-refractivity contribution in [2.24, 2.45) is 0 Å². The molecular weight excluding hydrogens is 332 g/mol. The Morgan fingerprint density at radius 1 is 1.33 bits per heavy atom. The Labute approximate surface area is 130 Å². The number of para-hydroxylation sites is 1. The summed E-state index contributed by atoms with van der Waals surface area (Å²) >= 11 is 3.44. The van der Waals surface area contributed by atoms with Crippen molar-refractivity contribution in [1.29, 1.82) is 0 Å². The summed E-state index contributed by atoms with van der Waals surface area (Å²) in [5, 5.41) is 16.3. The molecule has 3 rings (SSSR count). The molecule has 3 aromatic rings. The summed E-state index contributed by atoms with van der Waals surface area (Å²) in [4.78, 5) is 4.49. The van der Waals surface area contributed by atoms with Crippen molar-refractivity contribution < 1.29 is 0 Å². The van der Waals surface area contributed by atoms with Crippen LogP contribution in [-0.2, 0) is 6.54 Å².